The standard InChI is InChI=1S/C11H12F5N3O/c1-2-5-3-6-8(11(14,15)16)18-19(4-7(17)20)9(6)10(5,12)13/h2,5-6,9H,1,3-4H2,(H2,17,20)/t5-,6?,9?/m1/s1. The van der Waals surface area contributed by atoms with Crippen molar-refractivity contribution in [1.29, 1.82) is 0 Å². The number of carbonyl (C=O) groups excluding carboxylic acids is 1. The molecular formula is C11H12F5N3O. The van der Waals surface area contributed by atoms with Crippen molar-refractivity contribution >= 4 is 11.6 Å². The molecule has 0 aromatic rings. The van der Waals surface area contributed by atoms with Crippen molar-refractivity contribution in [2.75, 3.05) is 6.54 Å². The molecule has 0 bridgehead atoms. The highest BCUT2D eigenvalue weighted by molar-refractivity contribution is 5.94. The van der Waals surface area contributed by atoms with Crippen LogP contribution in [0.25, 0.3) is 0 Å². The number of carbonyl (C=O) groups is 1. The molecule has 2 unspecified atom stereocenters. The van der Waals surface area contributed by atoms with Crippen LogP contribution < -0.4 is 5.73 Å². The Balaban J connectivity index is 2.41. The van der Waals surface area contributed by atoms with Crippen LogP contribution in [0.2, 0.25) is 0 Å². The summed E-state index contributed by atoms with van der Waals surface area (Å²) in [5.41, 5.74) is 3.58. The molecule has 1 fully saturated rings. The molecule has 2 aliphatic rings. The molecule has 4 nitrogen and oxygen atoms in total. The molecule has 2 rings (SSSR count). The molecule has 0 saturated heterocycles. The van der Waals surface area contributed by atoms with Gasteiger partial charge in [-0.2, -0.15) is 18.3 Å². The Hall–Kier alpha value is -1.67. The van der Waals surface area contributed by atoms with Gasteiger partial charge >= 0.3 is 6.18 Å². The van der Waals surface area contributed by atoms with E-state index in [0.717, 1.165) is 6.08 Å². The minimum atomic E-state index is -4.82. The van der Waals surface area contributed by atoms with Gasteiger partial charge in [0.05, 0.1) is 0 Å². The van der Waals surface area contributed by atoms with Crippen LogP contribution in [0.3, 0.4) is 0 Å². The van der Waals surface area contributed by atoms with E-state index in [9.17, 15) is 26.7 Å². The maximum Gasteiger partial charge on any atom is 0.431 e. The summed E-state index contributed by atoms with van der Waals surface area (Å²) < 4.78 is 66.8. The number of nitrogens with two attached hydrogens (primary N) is 1. The van der Waals surface area contributed by atoms with Gasteiger partial charge in [0, 0.05) is 11.8 Å². The second-order valence-corrected chi connectivity index (χ2v) is 4.85. The first-order valence-corrected chi connectivity index (χ1v) is 5.80. The minimum absolute atomic E-state index is 0.408. The molecule has 3 atom stereocenters. The van der Waals surface area contributed by atoms with Crippen molar-refractivity contribution < 1.29 is 26.7 Å². The SMILES string of the molecule is C=C[C@@H]1CC2C(C(F)(F)F)=NN(CC(N)=O)C2C1(F)F. The predicted molar refractivity (Wildman–Crippen MR) is 59.9 cm³/mol. The van der Waals surface area contributed by atoms with Crippen molar-refractivity contribution in [3.05, 3.63) is 12.7 Å². The monoisotopic (exact) mass is 297 g/mol. The van der Waals surface area contributed by atoms with Gasteiger partial charge in [0.25, 0.3) is 5.92 Å². The number of hydrazone groups is 1. The number of hydrogen-bond donors (Lipinski definition) is 1. The van der Waals surface area contributed by atoms with Crippen LogP contribution in [0.4, 0.5) is 22.0 Å². The van der Waals surface area contributed by atoms with Crippen molar-refractivity contribution in [3.63, 3.8) is 0 Å². The molecule has 2 N–H and O–H groups in total. The van der Waals surface area contributed by atoms with Crippen molar-refractivity contribution in [2.24, 2.45) is 22.7 Å². The first kappa shape index (κ1) is 14.7. The summed E-state index contributed by atoms with van der Waals surface area (Å²) in [4.78, 5) is 10.8. The summed E-state index contributed by atoms with van der Waals surface area (Å²) in [5, 5.41) is 3.62. The first-order valence-electron chi connectivity index (χ1n) is 5.80. The molecule has 1 saturated carbocycles. The third kappa shape index (κ3) is 2.14. The van der Waals surface area contributed by atoms with Crippen LogP contribution in [0, 0.1) is 11.8 Å². The van der Waals surface area contributed by atoms with Gasteiger partial charge in [-0.25, -0.2) is 8.78 Å². The molecular weight excluding hydrogens is 285 g/mol. The lowest BCUT2D eigenvalue weighted by atomic mass is 9.97. The first-order chi connectivity index (χ1) is 9.09. The number of amides is 1. The highest BCUT2D eigenvalue weighted by Crippen LogP contribution is 2.52. The zero-order chi connectivity index (χ0) is 15.3. The third-order valence-electron chi connectivity index (χ3n) is 3.58. The van der Waals surface area contributed by atoms with Gasteiger partial charge in [-0.1, -0.05) is 6.08 Å². The maximum atomic E-state index is 14.1. The Morgan fingerprint density at radius 3 is 2.60 bits per heavy atom. The van der Waals surface area contributed by atoms with Gasteiger partial charge in [-0.05, 0) is 6.42 Å². The second kappa shape index (κ2) is 4.42. The second-order valence-electron chi connectivity index (χ2n) is 4.85. The van der Waals surface area contributed by atoms with Crippen LogP contribution in [0.5, 0.6) is 0 Å². The highest BCUT2D eigenvalue weighted by Gasteiger charge is 2.65. The molecule has 0 spiro atoms. The Labute approximate surface area is 111 Å². The average Bonchev–Trinajstić information content (AvgIpc) is 2.74. The predicted octanol–water partition coefficient (Wildman–Crippen LogP) is 1.53. The van der Waals surface area contributed by atoms with E-state index in [2.05, 4.69) is 11.7 Å². The van der Waals surface area contributed by atoms with Crippen molar-refractivity contribution in [1.82, 2.24) is 5.01 Å². The van der Waals surface area contributed by atoms with Crippen LogP contribution in [0.1, 0.15) is 6.42 Å². The lowest BCUT2D eigenvalue weighted by Crippen LogP contribution is -2.47. The number of alkyl halides is 5. The Kier molecular flexibility index (Phi) is 3.26. The van der Waals surface area contributed by atoms with Crippen LogP contribution >= 0.6 is 0 Å². The number of halogens is 5. The van der Waals surface area contributed by atoms with Crippen LogP contribution in [-0.4, -0.2) is 41.3 Å². The summed E-state index contributed by atoms with van der Waals surface area (Å²) in [7, 11) is 0. The summed E-state index contributed by atoms with van der Waals surface area (Å²) in [6.45, 7) is 2.45. The van der Waals surface area contributed by atoms with Gasteiger partial charge < -0.3 is 5.73 Å². The van der Waals surface area contributed by atoms with E-state index in [1.807, 2.05) is 0 Å². The molecule has 1 heterocycles. The fraction of sp³-hybridized carbons (Fsp3) is 0.636. The summed E-state index contributed by atoms with van der Waals surface area (Å²) in [5.74, 6) is -7.33. The molecule has 112 valence electrons. The molecule has 0 aromatic carbocycles. The fourth-order valence-electron chi connectivity index (χ4n) is 2.80. The van der Waals surface area contributed by atoms with E-state index in [1.165, 1.54) is 0 Å². The smallest absolute Gasteiger partial charge is 0.368 e. The van der Waals surface area contributed by atoms with E-state index >= 15 is 0 Å². The van der Waals surface area contributed by atoms with E-state index in [-0.39, 0.29) is 0 Å². The highest BCUT2D eigenvalue weighted by atomic mass is 19.4. The zero-order valence-corrected chi connectivity index (χ0v) is 10.2. The molecule has 0 radical (unpaired) electrons. The van der Waals surface area contributed by atoms with E-state index in [4.69, 9.17) is 5.73 Å². The summed E-state index contributed by atoms with van der Waals surface area (Å²) in [6.07, 6.45) is -4.29. The van der Waals surface area contributed by atoms with Crippen LogP contribution in [-0.2, 0) is 4.79 Å². The quantitative estimate of drug-likeness (QED) is 0.634. The normalized spacial score (nSPS) is 31.9. The summed E-state index contributed by atoms with van der Waals surface area (Å²) >= 11 is 0. The zero-order valence-electron chi connectivity index (χ0n) is 10.2. The van der Waals surface area contributed by atoms with Gasteiger partial charge in [-0.15, -0.1) is 6.58 Å². The van der Waals surface area contributed by atoms with E-state index < -0.39 is 54.6 Å². The molecule has 1 amide bonds. The molecule has 1 aliphatic carbocycles. The fourth-order valence-corrected chi connectivity index (χ4v) is 2.80. The van der Waals surface area contributed by atoms with Gasteiger partial charge in [0.1, 0.15) is 18.3 Å². The maximum absolute atomic E-state index is 14.1. The topological polar surface area (TPSA) is 58.7 Å². The van der Waals surface area contributed by atoms with Crippen LogP contribution in [0.15, 0.2) is 17.8 Å². The lowest BCUT2D eigenvalue weighted by Gasteiger charge is -2.28. The third-order valence-corrected chi connectivity index (χ3v) is 3.58. The van der Waals surface area contributed by atoms with E-state index in [0.29, 0.717) is 5.01 Å². The number of nitrogens with zero attached hydrogens (tertiary/aromatic N) is 2. The van der Waals surface area contributed by atoms with Crippen molar-refractivity contribution in [3.8, 4) is 0 Å². The minimum Gasteiger partial charge on any atom is -0.368 e. The number of allylic oxidation sites excluding steroid dienone is 1. The average molecular weight is 297 g/mol. The molecule has 20 heavy (non-hydrogen) atoms. The molecule has 9 heteroatoms. The van der Waals surface area contributed by atoms with Crippen molar-refractivity contribution in [2.45, 2.75) is 24.6 Å². The Bertz CT molecular complexity index is 473. The van der Waals surface area contributed by atoms with Gasteiger partial charge in [-0.3, -0.25) is 9.80 Å². The number of hydrogen-bond acceptors (Lipinski definition) is 3. The summed E-state index contributed by atoms with van der Waals surface area (Å²) in [6, 6.07) is -1.81. The van der Waals surface area contributed by atoms with Gasteiger partial charge in [0.15, 0.2) is 0 Å². The van der Waals surface area contributed by atoms with E-state index in [1.54, 1.807) is 0 Å². The largest absolute Gasteiger partial charge is 0.431 e. The molecule has 0 aromatic heterocycles. The lowest BCUT2D eigenvalue weighted by molar-refractivity contribution is -0.123. The number of fused-ring (bicyclic) bond motifs is 1. The van der Waals surface area contributed by atoms with Gasteiger partial charge in [0.2, 0.25) is 5.91 Å². The Morgan fingerprint density at radius 2 is 2.15 bits per heavy atom. The number of rotatable bonds is 3. The number of primary amides is 1. The Morgan fingerprint density at radius 1 is 1.55 bits per heavy atom. The molecule has 1 aliphatic heterocycles.